The fourth-order valence-corrected chi connectivity index (χ4v) is 5.33. The first-order valence-corrected chi connectivity index (χ1v) is 13.1. The Morgan fingerprint density at radius 3 is 2.73 bits per heavy atom. The number of hydrogen-bond acceptors (Lipinski definition) is 9. The van der Waals surface area contributed by atoms with Crippen LogP contribution in [0.25, 0.3) is 0 Å². The number of aliphatic hydroxyl groups excluding tert-OH is 3. The zero-order valence-corrected chi connectivity index (χ0v) is 21.6. The number of nitrogens with zero attached hydrogens (tertiary/aromatic N) is 3. The van der Waals surface area contributed by atoms with E-state index in [2.05, 4.69) is 15.6 Å². The number of amides is 2. The van der Waals surface area contributed by atoms with Crippen molar-refractivity contribution in [1.29, 1.82) is 10.7 Å². The predicted octanol–water partition coefficient (Wildman–Crippen LogP) is 0.978. The molecule has 6 atom stereocenters. The van der Waals surface area contributed by atoms with Gasteiger partial charge in [0.1, 0.15) is 30.7 Å². The van der Waals surface area contributed by atoms with Crippen LogP contribution in [0.4, 0.5) is 4.79 Å². The Morgan fingerprint density at radius 2 is 2.11 bits per heavy atom. The smallest absolute Gasteiger partial charge is 0.323 e. The van der Waals surface area contributed by atoms with Crippen LogP contribution in [0.1, 0.15) is 58.8 Å². The van der Waals surface area contributed by atoms with Crippen LogP contribution >= 0.6 is 0 Å². The number of carbonyl (C=O) groups excluding carboxylic acids is 1. The molecule has 3 aliphatic rings. The summed E-state index contributed by atoms with van der Waals surface area (Å²) in [4.78, 5) is 18.0. The molecule has 0 bridgehead atoms. The summed E-state index contributed by atoms with van der Waals surface area (Å²) in [6, 6.07) is 0.871. The molecule has 0 aromatic heterocycles. The van der Waals surface area contributed by atoms with Crippen LogP contribution in [0.5, 0.6) is 0 Å². The first-order chi connectivity index (χ1) is 17.8. The number of nitriles is 1. The van der Waals surface area contributed by atoms with Crippen molar-refractivity contribution in [2.24, 2.45) is 10.9 Å². The van der Waals surface area contributed by atoms with E-state index in [1.807, 2.05) is 19.9 Å². The molecule has 1 saturated carbocycles. The van der Waals surface area contributed by atoms with Crippen LogP contribution < -0.4 is 10.6 Å². The molecule has 12 heteroatoms. The number of aliphatic imine (C=N–C) groups is 1. The normalized spacial score (nSPS) is 31.2. The van der Waals surface area contributed by atoms with E-state index in [0.717, 1.165) is 32.0 Å². The number of amidine groups is 1. The number of carbonyl (C=O) groups is 1. The van der Waals surface area contributed by atoms with E-state index < -0.39 is 36.2 Å². The van der Waals surface area contributed by atoms with Crippen molar-refractivity contribution in [3.05, 3.63) is 11.8 Å². The number of aliphatic hydroxyl groups is 3. The Labute approximate surface area is 217 Å². The Morgan fingerprint density at radius 1 is 1.41 bits per heavy atom. The molecule has 0 spiro atoms. The van der Waals surface area contributed by atoms with Crippen molar-refractivity contribution in [2.75, 3.05) is 19.7 Å². The number of nitrogens with one attached hydrogen (secondary N) is 3. The maximum Gasteiger partial charge on any atom is 0.323 e. The third kappa shape index (κ3) is 6.66. The van der Waals surface area contributed by atoms with Gasteiger partial charge >= 0.3 is 6.03 Å². The molecule has 2 fully saturated rings. The monoisotopic (exact) mass is 520 g/mol. The lowest BCUT2D eigenvalue weighted by molar-refractivity contribution is -0.154. The van der Waals surface area contributed by atoms with Gasteiger partial charge in [-0.1, -0.05) is 38.2 Å². The molecule has 206 valence electrons. The predicted molar refractivity (Wildman–Crippen MR) is 136 cm³/mol. The highest BCUT2D eigenvalue weighted by Crippen LogP contribution is 2.37. The van der Waals surface area contributed by atoms with Crippen LogP contribution in [0.3, 0.4) is 0 Å². The van der Waals surface area contributed by atoms with E-state index in [-0.39, 0.29) is 24.9 Å². The molecular formula is C25H40N6O6. The molecule has 2 unspecified atom stereocenters. The lowest BCUT2D eigenvalue weighted by atomic mass is 9.87. The van der Waals surface area contributed by atoms with Crippen LogP contribution in [0.2, 0.25) is 0 Å². The van der Waals surface area contributed by atoms with E-state index >= 15 is 0 Å². The highest BCUT2D eigenvalue weighted by atomic mass is 16.6. The molecule has 0 aromatic carbocycles. The molecular weight excluding hydrogens is 480 g/mol. The summed E-state index contributed by atoms with van der Waals surface area (Å²) in [5, 5.41) is 55.0. The first-order valence-electron chi connectivity index (χ1n) is 13.1. The molecule has 2 amide bonds. The van der Waals surface area contributed by atoms with E-state index in [4.69, 9.17) is 14.9 Å². The largest absolute Gasteiger partial charge is 0.387 e. The van der Waals surface area contributed by atoms with Crippen molar-refractivity contribution in [3.63, 3.8) is 0 Å². The summed E-state index contributed by atoms with van der Waals surface area (Å²) in [6.07, 6.45) is 3.88. The second-order valence-electron chi connectivity index (χ2n) is 9.78. The maximum atomic E-state index is 12.5. The highest BCUT2D eigenvalue weighted by molar-refractivity contribution is 6.09. The molecule has 3 rings (SSSR count). The summed E-state index contributed by atoms with van der Waals surface area (Å²) in [7, 11) is 0. The second-order valence-corrected chi connectivity index (χ2v) is 9.78. The van der Waals surface area contributed by atoms with Gasteiger partial charge in [-0.15, -0.1) is 0 Å². The average molecular weight is 521 g/mol. The van der Waals surface area contributed by atoms with Gasteiger partial charge in [0.2, 0.25) is 5.60 Å². The third-order valence-corrected chi connectivity index (χ3v) is 7.51. The van der Waals surface area contributed by atoms with Crippen molar-refractivity contribution in [2.45, 2.75) is 95.0 Å². The van der Waals surface area contributed by atoms with Crippen molar-refractivity contribution in [1.82, 2.24) is 15.5 Å². The molecule has 12 nitrogen and oxygen atoms in total. The van der Waals surface area contributed by atoms with E-state index in [1.165, 1.54) is 6.42 Å². The van der Waals surface area contributed by atoms with Gasteiger partial charge in [0, 0.05) is 19.5 Å². The van der Waals surface area contributed by atoms with Gasteiger partial charge in [-0.25, -0.2) is 9.79 Å². The number of ether oxygens (including phenoxy) is 2. The summed E-state index contributed by atoms with van der Waals surface area (Å²) < 4.78 is 11.5. The van der Waals surface area contributed by atoms with E-state index in [9.17, 15) is 25.4 Å². The van der Waals surface area contributed by atoms with E-state index in [1.54, 1.807) is 11.0 Å². The standard InChI is InChI=1S/C25H40N6O6/c1-3-31(4-2)24(35)30-23(28-15-27)17-10-11-19(29-17)25(14-26)22(34)21(33)18(37-25)13-36-20(32)12-16-8-6-5-7-9-16/h10,15-16,18-22,29,32-34H,3-9,11-13H2,1-2H3,(H2,27,28,30,35)/t18-,19?,20?,21-,22-,25+/m1/s1. The fraction of sp³-hybridized carbons (Fsp3) is 0.760. The van der Waals surface area contributed by atoms with Crippen molar-refractivity contribution in [3.8, 4) is 6.07 Å². The number of rotatable bonds is 10. The van der Waals surface area contributed by atoms with Crippen molar-refractivity contribution < 1.29 is 29.6 Å². The molecule has 2 heterocycles. The minimum Gasteiger partial charge on any atom is -0.387 e. The lowest BCUT2D eigenvalue weighted by Gasteiger charge is -2.32. The lowest BCUT2D eigenvalue weighted by Crippen LogP contribution is -2.56. The molecule has 0 radical (unpaired) electrons. The Kier molecular flexibility index (Phi) is 10.4. The molecule has 1 aliphatic carbocycles. The zero-order chi connectivity index (χ0) is 27.0. The SMILES string of the molecule is CCN(CC)C(=O)NC(=NC=N)C1=CCC([C@]2(C#N)O[C@H](COC(O)CC3CCCCC3)[C@@H](O)[C@H]2O)N1. The van der Waals surface area contributed by atoms with Crippen molar-refractivity contribution >= 4 is 18.2 Å². The third-order valence-electron chi connectivity index (χ3n) is 7.51. The topological polar surface area (TPSA) is 184 Å². The van der Waals surface area contributed by atoms with Gasteiger partial charge in [0.25, 0.3) is 0 Å². The van der Waals surface area contributed by atoms with Gasteiger partial charge in [-0.3, -0.25) is 10.7 Å². The number of urea groups is 1. The number of hydrogen-bond donors (Lipinski definition) is 6. The van der Waals surface area contributed by atoms with Crippen LogP contribution in [0, 0.1) is 22.7 Å². The van der Waals surface area contributed by atoms with Gasteiger partial charge in [-0.05, 0) is 26.2 Å². The Hall–Kier alpha value is -2.56. The summed E-state index contributed by atoms with van der Waals surface area (Å²) in [6.45, 7) is 4.49. The summed E-state index contributed by atoms with van der Waals surface area (Å²) >= 11 is 0. The second kappa shape index (κ2) is 13.3. The Bertz CT molecular complexity index is 897. The Balaban J connectivity index is 1.62. The molecule has 0 aromatic rings. The summed E-state index contributed by atoms with van der Waals surface area (Å²) in [5.41, 5.74) is -1.44. The highest BCUT2D eigenvalue weighted by Gasteiger charge is 2.59. The van der Waals surface area contributed by atoms with Gasteiger partial charge in [0.05, 0.1) is 18.3 Å². The van der Waals surface area contributed by atoms with Crippen LogP contribution in [-0.4, -0.2) is 94.4 Å². The molecule has 37 heavy (non-hydrogen) atoms. The maximum absolute atomic E-state index is 12.5. The molecule has 1 saturated heterocycles. The minimum absolute atomic E-state index is 0.0984. The van der Waals surface area contributed by atoms with E-state index in [0.29, 0.717) is 31.1 Å². The van der Waals surface area contributed by atoms with Crippen LogP contribution in [-0.2, 0) is 9.47 Å². The molecule has 2 aliphatic heterocycles. The minimum atomic E-state index is -1.81. The molecule has 6 N–H and O–H groups in total. The van der Waals surface area contributed by atoms with Gasteiger partial charge in [0.15, 0.2) is 12.1 Å². The van der Waals surface area contributed by atoms with Gasteiger partial charge < -0.3 is 35.0 Å². The average Bonchev–Trinajstić information content (AvgIpc) is 3.48. The van der Waals surface area contributed by atoms with Crippen LogP contribution in [0.15, 0.2) is 16.8 Å². The fourth-order valence-electron chi connectivity index (χ4n) is 5.33. The first kappa shape index (κ1) is 29.0. The quantitative estimate of drug-likeness (QED) is 0.140. The van der Waals surface area contributed by atoms with Gasteiger partial charge in [-0.2, -0.15) is 5.26 Å². The summed E-state index contributed by atoms with van der Waals surface area (Å²) in [5.74, 6) is 0.495. The zero-order valence-electron chi connectivity index (χ0n) is 21.6.